The second kappa shape index (κ2) is 8.40. The summed E-state index contributed by atoms with van der Waals surface area (Å²) < 4.78 is 5.41. The SMILES string of the molecule is CCCC(C)CNc1ccc(OCCC(N)=O)cc1. The second-order valence-corrected chi connectivity index (χ2v) is 4.86. The first kappa shape index (κ1) is 15.3. The summed E-state index contributed by atoms with van der Waals surface area (Å²) in [6.45, 7) is 5.76. The summed E-state index contributed by atoms with van der Waals surface area (Å²) in [6.07, 6.45) is 2.70. The van der Waals surface area contributed by atoms with E-state index >= 15 is 0 Å². The summed E-state index contributed by atoms with van der Waals surface area (Å²) >= 11 is 0. The van der Waals surface area contributed by atoms with Gasteiger partial charge in [-0.2, -0.15) is 0 Å². The molecule has 3 N–H and O–H groups in total. The van der Waals surface area contributed by atoms with Crippen molar-refractivity contribution in [3.63, 3.8) is 0 Å². The van der Waals surface area contributed by atoms with Crippen molar-refractivity contribution in [2.24, 2.45) is 11.7 Å². The summed E-state index contributed by atoms with van der Waals surface area (Å²) in [5.41, 5.74) is 6.13. The molecule has 0 spiro atoms. The van der Waals surface area contributed by atoms with Crippen LogP contribution in [-0.2, 0) is 4.79 Å². The first-order valence-electron chi connectivity index (χ1n) is 6.87. The smallest absolute Gasteiger partial charge is 0.220 e. The van der Waals surface area contributed by atoms with E-state index in [2.05, 4.69) is 19.2 Å². The number of amides is 1. The molecule has 0 aliphatic heterocycles. The maximum atomic E-state index is 10.6. The van der Waals surface area contributed by atoms with Crippen molar-refractivity contribution in [2.75, 3.05) is 18.5 Å². The Labute approximate surface area is 115 Å². The van der Waals surface area contributed by atoms with Crippen LogP contribution in [0, 0.1) is 5.92 Å². The van der Waals surface area contributed by atoms with Gasteiger partial charge in [0.05, 0.1) is 13.0 Å². The highest BCUT2D eigenvalue weighted by Gasteiger charge is 2.01. The average Bonchev–Trinajstić information content (AvgIpc) is 2.38. The molecular formula is C15H24N2O2. The molecule has 0 aliphatic rings. The van der Waals surface area contributed by atoms with Crippen LogP contribution in [0.1, 0.15) is 33.1 Å². The minimum atomic E-state index is -0.344. The number of hydrogen-bond acceptors (Lipinski definition) is 3. The molecule has 19 heavy (non-hydrogen) atoms. The number of nitrogens with two attached hydrogens (primary N) is 1. The van der Waals surface area contributed by atoms with E-state index < -0.39 is 0 Å². The third-order valence-corrected chi connectivity index (χ3v) is 2.91. The summed E-state index contributed by atoms with van der Waals surface area (Å²) in [7, 11) is 0. The zero-order valence-electron chi connectivity index (χ0n) is 11.8. The molecule has 0 saturated carbocycles. The predicted octanol–water partition coefficient (Wildman–Crippen LogP) is 2.79. The first-order chi connectivity index (χ1) is 9.11. The molecule has 0 radical (unpaired) electrons. The Bertz CT molecular complexity index is 376. The summed E-state index contributed by atoms with van der Waals surface area (Å²) in [4.78, 5) is 10.6. The molecule has 1 unspecified atom stereocenters. The van der Waals surface area contributed by atoms with E-state index in [-0.39, 0.29) is 12.3 Å². The molecule has 1 atom stereocenters. The molecule has 0 fully saturated rings. The van der Waals surface area contributed by atoms with Gasteiger partial charge in [0.2, 0.25) is 5.91 Å². The van der Waals surface area contributed by atoms with Gasteiger partial charge in [-0.1, -0.05) is 20.3 Å². The normalized spacial score (nSPS) is 11.9. The molecule has 4 nitrogen and oxygen atoms in total. The first-order valence-corrected chi connectivity index (χ1v) is 6.87. The number of rotatable bonds is 9. The van der Waals surface area contributed by atoms with Gasteiger partial charge in [0.15, 0.2) is 0 Å². The van der Waals surface area contributed by atoms with Crippen LogP contribution in [0.2, 0.25) is 0 Å². The lowest BCUT2D eigenvalue weighted by molar-refractivity contribution is -0.118. The van der Waals surface area contributed by atoms with Crippen molar-refractivity contribution in [3.8, 4) is 5.75 Å². The van der Waals surface area contributed by atoms with Crippen LogP contribution in [0.3, 0.4) is 0 Å². The zero-order valence-corrected chi connectivity index (χ0v) is 11.8. The van der Waals surface area contributed by atoms with Gasteiger partial charge in [-0.05, 0) is 36.6 Å². The Hall–Kier alpha value is -1.71. The van der Waals surface area contributed by atoms with Crippen LogP contribution in [0.15, 0.2) is 24.3 Å². The highest BCUT2D eigenvalue weighted by atomic mass is 16.5. The number of hydrogen-bond donors (Lipinski definition) is 2. The predicted molar refractivity (Wildman–Crippen MR) is 78.3 cm³/mol. The lowest BCUT2D eigenvalue weighted by Gasteiger charge is -2.13. The minimum Gasteiger partial charge on any atom is -0.493 e. The van der Waals surface area contributed by atoms with E-state index in [9.17, 15) is 4.79 Å². The van der Waals surface area contributed by atoms with Crippen LogP contribution < -0.4 is 15.8 Å². The van der Waals surface area contributed by atoms with Crippen molar-refractivity contribution < 1.29 is 9.53 Å². The molecule has 106 valence electrons. The van der Waals surface area contributed by atoms with E-state index in [1.165, 1.54) is 12.8 Å². The molecule has 0 heterocycles. The summed E-state index contributed by atoms with van der Waals surface area (Å²) in [5.74, 6) is 1.09. The van der Waals surface area contributed by atoms with Crippen molar-refractivity contribution in [2.45, 2.75) is 33.1 Å². The van der Waals surface area contributed by atoms with Gasteiger partial charge < -0.3 is 15.8 Å². The van der Waals surface area contributed by atoms with Gasteiger partial charge in [-0.25, -0.2) is 0 Å². The van der Waals surface area contributed by atoms with Gasteiger partial charge >= 0.3 is 0 Å². The number of ether oxygens (including phenoxy) is 1. The van der Waals surface area contributed by atoms with Crippen molar-refractivity contribution in [1.29, 1.82) is 0 Å². The average molecular weight is 264 g/mol. The fraction of sp³-hybridized carbons (Fsp3) is 0.533. The van der Waals surface area contributed by atoms with E-state index in [1.54, 1.807) is 0 Å². The number of benzene rings is 1. The van der Waals surface area contributed by atoms with E-state index in [0.29, 0.717) is 12.5 Å². The maximum absolute atomic E-state index is 10.6. The largest absolute Gasteiger partial charge is 0.493 e. The van der Waals surface area contributed by atoms with E-state index in [0.717, 1.165) is 18.0 Å². The lowest BCUT2D eigenvalue weighted by Crippen LogP contribution is -2.14. The molecule has 0 aromatic heterocycles. The Balaban J connectivity index is 2.32. The third kappa shape index (κ3) is 6.70. The van der Waals surface area contributed by atoms with Gasteiger partial charge in [0.1, 0.15) is 5.75 Å². The standard InChI is InChI=1S/C15H24N2O2/c1-3-4-12(2)11-17-13-5-7-14(8-6-13)19-10-9-15(16)18/h5-8,12,17H,3-4,9-11H2,1-2H3,(H2,16,18). The van der Waals surface area contributed by atoms with Gasteiger partial charge in [-0.3, -0.25) is 4.79 Å². The molecule has 1 aromatic rings. The Morgan fingerprint density at radius 2 is 2.05 bits per heavy atom. The fourth-order valence-corrected chi connectivity index (χ4v) is 1.83. The Morgan fingerprint density at radius 1 is 1.37 bits per heavy atom. The molecular weight excluding hydrogens is 240 g/mol. The number of primary amides is 1. The van der Waals surface area contributed by atoms with Gasteiger partial charge in [0.25, 0.3) is 0 Å². The van der Waals surface area contributed by atoms with Gasteiger partial charge in [0, 0.05) is 12.2 Å². The molecule has 0 aliphatic carbocycles. The van der Waals surface area contributed by atoms with Crippen LogP contribution in [-0.4, -0.2) is 19.1 Å². The molecule has 0 bridgehead atoms. The number of carbonyl (C=O) groups excluding carboxylic acids is 1. The van der Waals surface area contributed by atoms with Crippen LogP contribution in [0.4, 0.5) is 5.69 Å². The lowest BCUT2D eigenvalue weighted by atomic mass is 10.1. The second-order valence-electron chi connectivity index (χ2n) is 4.86. The quantitative estimate of drug-likeness (QED) is 0.721. The molecule has 4 heteroatoms. The topological polar surface area (TPSA) is 64.3 Å². The molecule has 1 amide bonds. The fourth-order valence-electron chi connectivity index (χ4n) is 1.83. The number of anilines is 1. The van der Waals surface area contributed by atoms with E-state index in [1.807, 2.05) is 24.3 Å². The number of nitrogens with one attached hydrogen (secondary N) is 1. The number of carbonyl (C=O) groups is 1. The summed E-state index contributed by atoms with van der Waals surface area (Å²) in [5, 5.41) is 3.40. The van der Waals surface area contributed by atoms with Crippen LogP contribution >= 0.6 is 0 Å². The molecule has 0 saturated heterocycles. The monoisotopic (exact) mass is 264 g/mol. The van der Waals surface area contributed by atoms with Crippen molar-refractivity contribution in [1.82, 2.24) is 0 Å². The molecule has 1 rings (SSSR count). The highest BCUT2D eigenvalue weighted by Crippen LogP contribution is 2.16. The highest BCUT2D eigenvalue weighted by molar-refractivity contribution is 5.73. The van der Waals surface area contributed by atoms with Crippen LogP contribution in [0.5, 0.6) is 5.75 Å². The van der Waals surface area contributed by atoms with E-state index in [4.69, 9.17) is 10.5 Å². The molecule has 1 aromatic carbocycles. The summed E-state index contributed by atoms with van der Waals surface area (Å²) in [6, 6.07) is 7.76. The maximum Gasteiger partial charge on any atom is 0.220 e. The third-order valence-electron chi connectivity index (χ3n) is 2.91. The Kier molecular flexibility index (Phi) is 6.79. The zero-order chi connectivity index (χ0) is 14.1. The van der Waals surface area contributed by atoms with Crippen LogP contribution in [0.25, 0.3) is 0 Å². The Morgan fingerprint density at radius 3 is 2.63 bits per heavy atom. The van der Waals surface area contributed by atoms with Gasteiger partial charge in [-0.15, -0.1) is 0 Å². The van der Waals surface area contributed by atoms with Crippen molar-refractivity contribution >= 4 is 11.6 Å². The minimum absolute atomic E-state index is 0.245. The van der Waals surface area contributed by atoms with Crippen molar-refractivity contribution in [3.05, 3.63) is 24.3 Å².